The van der Waals surface area contributed by atoms with Gasteiger partial charge in [-0.3, -0.25) is 0 Å². The first-order valence-corrected chi connectivity index (χ1v) is 4.38. The molecule has 0 atom stereocenters. The molecule has 1 heteroatoms. The van der Waals surface area contributed by atoms with E-state index in [1.54, 1.807) is 0 Å². The summed E-state index contributed by atoms with van der Waals surface area (Å²) in [5, 5.41) is 0. The summed E-state index contributed by atoms with van der Waals surface area (Å²) in [6.07, 6.45) is 3.90. The molecule has 0 N–H and O–H groups in total. The molecule has 0 bridgehead atoms. The fourth-order valence-corrected chi connectivity index (χ4v) is 1.53. The molecule has 1 fully saturated rings. The normalized spacial score (nSPS) is 23.4. The Hall–Kier alpha value is -0.0400. The van der Waals surface area contributed by atoms with Crippen LogP contribution in [0.25, 0.3) is 0 Å². The summed E-state index contributed by atoms with van der Waals surface area (Å²) in [7, 11) is 0. The third-order valence-electron chi connectivity index (χ3n) is 2.25. The van der Waals surface area contributed by atoms with Crippen LogP contribution in [0.15, 0.2) is 0 Å². The van der Waals surface area contributed by atoms with Gasteiger partial charge in [-0.15, -0.1) is 0 Å². The summed E-state index contributed by atoms with van der Waals surface area (Å²) in [6, 6.07) is 0. The van der Waals surface area contributed by atoms with Crippen LogP contribution in [-0.2, 0) is 0 Å². The van der Waals surface area contributed by atoms with Crippen LogP contribution in [0, 0.1) is 12.8 Å². The lowest BCUT2D eigenvalue weighted by atomic mass is 9.99. The molecule has 59 valence electrons. The Morgan fingerprint density at radius 1 is 1.40 bits per heavy atom. The summed E-state index contributed by atoms with van der Waals surface area (Å²) in [6.45, 7) is 10.2. The van der Waals surface area contributed by atoms with Crippen molar-refractivity contribution in [3.63, 3.8) is 0 Å². The van der Waals surface area contributed by atoms with E-state index in [4.69, 9.17) is 0 Å². The summed E-state index contributed by atoms with van der Waals surface area (Å²) < 4.78 is 0. The topological polar surface area (TPSA) is 3.24 Å². The van der Waals surface area contributed by atoms with Crippen LogP contribution >= 0.6 is 0 Å². The van der Waals surface area contributed by atoms with Crippen molar-refractivity contribution in [2.75, 3.05) is 19.6 Å². The van der Waals surface area contributed by atoms with Crippen molar-refractivity contribution in [2.24, 2.45) is 5.92 Å². The van der Waals surface area contributed by atoms with Crippen molar-refractivity contribution in [1.82, 2.24) is 4.90 Å². The number of hydrogen-bond donors (Lipinski definition) is 0. The van der Waals surface area contributed by atoms with Gasteiger partial charge in [0.2, 0.25) is 0 Å². The van der Waals surface area contributed by atoms with E-state index in [1.165, 1.54) is 38.9 Å². The summed E-state index contributed by atoms with van der Waals surface area (Å²) in [4.78, 5) is 2.54. The maximum atomic E-state index is 4.07. The van der Waals surface area contributed by atoms with Crippen LogP contribution in [0.3, 0.4) is 0 Å². The van der Waals surface area contributed by atoms with E-state index < -0.39 is 0 Å². The molecule has 0 amide bonds. The zero-order chi connectivity index (χ0) is 7.40. The first kappa shape index (κ1) is 8.06. The second-order valence-corrected chi connectivity index (χ2v) is 3.29. The Bertz CT molecular complexity index is 82.7. The molecular formula is C9H18N. The van der Waals surface area contributed by atoms with Gasteiger partial charge in [0.25, 0.3) is 0 Å². The lowest BCUT2D eigenvalue weighted by Crippen LogP contribution is -2.33. The molecule has 1 aliphatic heterocycles. The van der Waals surface area contributed by atoms with Crippen molar-refractivity contribution < 1.29 is 0 Å². The van der Waals surface area contributed by atoms with Gasteiger partial charge in [-0.1, -0.05) is 13.8 Å². The SMILES string of the molecule is [CH2]C1CCN(CCC)CC1. The smallest absolute Gasteiger partial charge is 0.00161 e. The number of nitrogens with zero attached hydrogens (tertiary/aromatic N) is 1. The van der Waals surface area contributed by atoms with Gasteiger partial charge in [0.15, 0.2) is 0 Å². The van der Waals surface area contributed by atoms with Gasteiger partial charge >= 0.3 is 0 Å². The largest absolute Gasteiger partial charge is 0.303 e. The highest BCUT2D eigenvalue weighted by atomic mass is 15.1. The van der Waals surface area contributed by atoms with Gasteiger partial charge < -0.3 is 4.90 Å². The molecule has 0 unspecified atom stereocenters. The molecule has 1 nitrogen and oxygen atoms in total. The molecule has 0 aromatic heterocycles. The fourth-order valence-electron chi connectivity index (χ4n) is 1.53. The Balaban J connectivity index is 2.13. The Morgan fingerprint density at radius 3 is 2.50 bits per heavy atom. The van der Waals surface area contributed by atoms with E-state index in [9.17, 15) is 0 Å². The fraction of sp³-hybridized carbons (Fsp3) is 0.889. The van der Waals surface area contributed by atoms with E-state index in [1.807, 2.05) is 0 Å². The molecule has 0 aliphatic carbocycles. The Morgan fingerprint density at radius 2 is 2.00 bits per heavy atom. The average molecular weight is 140 g/mol. The van der Waals surface area contributed by atoms with Crippen LogP contribution in [-0.4, -0.2) is 24.5 Å². The van der Waals surface area contributed by atoms with Crippen molar-refractivity contribution >= 4 is 0 Å². The zero-order valence-corrected chi connectivity index (χ0v) is 6.97. The number of rotatable bonds is 2. The van der Waals surface area contributed by atoms with Crippen LogP contribution in [0.1, 0.15) is 26.2 Å². The third kappa shape index (κ3) is 2.30. The van der Waals surface area contributed by atoms with Crippen LogP contribution in [0.2, 0.25) is 0 Å². The summed E-state index contributed by atoms with van der Waals surface area (Å²) in [5.74, 6) is 0.730. The first-order valence-electron chi connectivity index (χ1n) is 4.38. The van der Waals surface area contributed by atoms with Gasteiger partial charge in [0.1, 0.15) is 0 Å². The highest BCUT2D eigenvalue weighted by molar-refractivity contribution is 4.72. The number of likely N-dealkylation sites (tertiary alicyclic amines) is 1. The molecule has 10 heavy (non-hydrogen) atoms. The lowest BCUT2D eigenvalue weighted by Gasteiger charge is -2.29. The van der Waals surface area contributed by atoms with Crippen molar-refractivity contribution in [1.29, 1.82) is 0 Å². The maximum absolute atomic E-state index is 4.07. The van der Waals surface area contributed by atoms with Crippen LogP contribution < -0.4 is 0 Å². The molecule has 0 aromatic rings. The monoisotopic (exact) mass is 140 g/mol. The molecule has 1 heterocycles. The third-order valence-corrected chi connectivity index (χ3v) is 2.25. The second kappa shape index (κ2) is 3.97. The van der Waals surface area contributed by atoms with Crippen LogP contribution in [0.5, 0.6) is 0 Å². The lowest BCUT2D eigenvalue weighted by molar-refractivity contribution is 0.203. The van der Waals surface area contributed by atoms with E-state index in [0.717, 1.165) is 5.92 Å². The molecule has 1 rings (SSSR count). The molecule has 1 radical (unpaired) electrons. The van der Waals surface area contributed by atoms with E-state index >= 15 is 0 Å². The molecule has 0 saturated carbocycles. The standard InChI is InChI=1S/C9H18N/c1-3-6-10-7-4-9(2)5-8-10/h9H,2-8H2,1H3. The minimum atomic E-state index is 0.730. The Kier molecular flexibility index (Phi) is 3.20. The minimum absolute atomic E-state index is 0.730. The maximum Gasteiger partial charge on any atom is -0.00161 e. The van der Waals surface area contributed by atoms with Crippen molar-refractivity contribution in [3.8, 4) is 0 Å². The Labute approximate surface area is 64.4 Å². The van der Waals surface area contributed by atoms with Gasteiger partial charge in [-0.2, -0.15) is 0 Å². The molecule has 0 spiro atoms. The molecule has 0 aromatic carbocycles. The molecular weight excluding hydrogens is 122 g/mol. The van der Waals surface area contributed by atoms with Crippen molar-refractivity contribution in [2.45, 2.75) is 26.2 Å². The van der Waals surface area contributed by atoms with Gasteiger partial charge in [-0.25, -0.2) is 0 Å². The first-order chi connectivity index (χ1) is 4.83. The van der Waals surface area contributed by atoms with E-state index in [2.05, 4.69) is 18.7 Å². The van der Waals surface area contributed by atoms with E-state index in [0.29, 0.717) is 0 Å². The highest BCUT2D eigenvalue weighted by Gasteiger charge is 2.13. The predicted octanol–water partition coefficient (Wildman–Crippen LogP) is 1.94. The van der Waals surface area contributed by atoms with Gasteiger partial charge in [0.05, 0.1) is 0 Å². The zero-order valence-electron chi connectivity index (χ0n) is 6.97. The average Bonchev–Trinajstić information content (AvgIpc) is 1.95. The van der Waals surface area contributed by atoms with Gasteiger partial charge in [0, 0.05) is 0 Å². The minimum Gasteiger partial charge on any atom is -0.303 e. The number of hydrogen-bond acceptors (Lipinski definition) is 1. The number of piperidine rings is 1. The summed E-state index contributed by atoms with van der Waals surface area (Å²) >= 11 is 0. The second-order valence-electron chi connectivity index (χ2n) is 3.29. The quantitative estimate of drug-likeness (QED) is 0.566. The highest BCUT2D eigenvalue weighted by Crippen LogP contribution is 2.15. The van der Waals surface area contributed by atoms with Crippen LogP contribution in [0.4, 0.5) is 0 Å². The predicted molar refractivity (Wildman–Crippen MR) is 44.8 cm³/mol. The summed E-state index contributed by atoms with van der Waals surface area (Å²) in [5.41, 5.74) is 0. The van der Waals surface area contributed by atoms with Gasteiger partial charge in [-0.05, 0) is 44.8 Å². The van der Waals surface area contributed by atoms with Crippen molar-refractivity contribution in [3.05, 3.63) is 6.92 Å². The molecule has 1 aliphatic rings. The molecule has 1 saturated heterocycles. The van der Waals surface area contributed by atoms with E-state index in [-0.39, 0.29) is 0 Å².